The van der Waals surface area contributed by atoms with Crippen LogP contribution in [0.15, 0.2) is 11.6 Å². The SMILES string of the molecule is CC(C)=C[C@@H]1[C@H](C(=O)N2CCC[C@H](CNS(C)(=O)=O)C2)C1(C)C. The zero-order valence-corrected chi connectivity index (χ0v) is 15.7. The van der Waals surface area contributed by atoms with Crippen LogP contribution < -0.4 is 4.72 Å². The quantitative estimate of drug-likeness (QED) is 0.777. The van der Waals surface area contributed by atoms with Crippen LogP contribution in [0.5, 0.6) is 0 Å². The van der Waals surface area contributed by atoms with Crippen molar-refractivity contribution in [3.8, 4) is 0 Å². The summed E-state index contributed by atoms with van der Waals surface area (Å²) in [6, 6.07) is 0. The number of rotatable bonds is 5. The van der Waals surface area contributed by atoms with Crippen LogP contribution in [0.25, 0.3) is 0 Å². The van der Waals surface area contributed by atoms with E-state index >= 15 is 0 Å². The van der Waals surface area contributed by atoms with Crippen molar-refractivity contribution in [3.63, 3.8) is 0 Å². The van der Waals surface area contributed by atoms with Gasteiger partial charge in [0.1, 0.15) is 0 Å². The number of hydrogen-bond donors (Lipinski definition) is 1. The van der Waals surface area contributed by atoms with E-state index in [1.807, 2.05) is 4.90 Å². The molecule has 1 saturated carbocycles. The first-order chi connectivity index (χ1) is 10.5. The highest BCUT2D eigenvalue weighted by molar-refractivity contribution is 7.88. The summed E-state index contributed by atoms with van der Waals surface area (Å²) in [6.45, 7) is 10.3. The minimum absolute atomic E-state index is 0.0340. The van der Waals surface area contributed by atoms with Gasteiger partial charge in [0.05, 0.1) is 12.2 Å². The normalized spacial score (nSPS) is 30.0. The maximum absolute atomic E-state index is 12.9. The molecule has 1 heterocycles. The molecule has 0 aromatic carbocycles. The molecule has 0 aromatic heterocycles. The van der Waals surface area contributed by atoms with Crippen LogP contribution >= 0.6 is 0 Å². The molecule has 132 valence electrons. The third kappa shape index (κ3) is 4.57. The Labute approximate surface area is 140 Å². The van der Waals surface area contributed by atoms with Crippen molar-refractivity contribution < 1.29 is 13.2 Å². The zero-order valence-electron chi connectivity index (χ0n) is 14.9. The molecule has 6 heteroatoms. The summed E-state index contributed by atoms with van der Waals surface area (Å²) in [6.07, 6.45) is 5.31. The van der Waals surface area contributed by atoms with Crippen molar-refractivity contribution >= 4 is 15.9 Å². The molecule has 1 amide bonds. The molecule has 3 atom stereocenters. The van der Waals surface area contributed by atoms with Crippen LogP contribution in [0.2, 0.25) is 0 Å². The average Bonchev–Trinajstić information content (AvgIpc) is 2.95. The van der Waals surface area contributed by atoms with E-state index in [1.165, 1.54) is 11.8 Å². The van der Waals surface area contributed by atoms with E-state index in [0.29, 0.717) is 19.0 Å². The van der Waals surface area contributed by atoms with Gasteiger partial charge in [0, 0.05) is 19.6 Å². The van der Waals surface area contributed by atoms with E-state index in [4.69, 9.17) is 0 Å². The highest BCUT2D eigenvalue weighted by atomic mass is 32.2. The van der Waals surface area contributed by atoms with Gasteiger partial charge < -0.3 is 4.90 Å². The van der Waals surface area contributed by atoms with Crippen LogP contribution in [0.3, 0.4) is 0 Å². The first-order valence-corrected chi connectivity index (χ1v) is 10.3. The molecule has 0 bridgehead atoms. The third-order valence-electron chi connectivity index (χ3n) is 5.15. The largest absolute Gasteiger partial charge is 0.342 e. The number of piperidine rings is 1. The van der Waals surface area contributed by atoms with E-state index in [1.54, 1.807) is 0 Å². The number of allylic oxidation sites excluding steroid dienone is 2. The fourth-order valence-corrected chi connectivity index (χ4v) is 4.26. The zero-order chi connectivity index (χ0) is 17.4. The van der Waals surface area contributed by atoms with Gasteiger partial charge in [-0.1, -0.05) is 25.5 Å². The van der Waals surface area contributed by atoms with Crippen molar-refractivity contribution in [2.24, 2.45) is 23.2 Å². The minimum atomic E-state index is -3.17. The Kier molecular flexibility index (Phi) is 5.26. The number of nitrogens with one attached hydrogen (secondary N) is 1. The summed E-state index contributed by atoms with van der Waals surface area (Å²) in [5.41, 5.74) is 1.29. The number of sulfonamides is 1. The molecular weight excluding hydrogens is 312 g/mol. The monoisotopic (exact) mass is 342 g/mol. The molecular formula is C17H30N2O3S. The maximum Gasteiger partial charge on any atom is 0.226 e. The van der Waals surface area contributed by atoms with Crippen molar-refractivity contribution in [2.75, 3.05) is 25.9 Å². The second kappa shape index (κ2) is 6.55. The molecule has 5 nitrogen and oxygen atoms in total. The van der Waals surface area contributed by atoms with Gasteiger partial charge in [-0.25, -0.2) is 13.1 Å². The van der Waals surface area contributed by atoms with Gasteiger partial charge in [-0.15, -0.1) is 0 Å². The second-order valence-electron chi connectivity index (χ2n) is 7.98. The Morgan fingerprint density at radius 2 is 2.00 bits per heavy atom. The lowest BCUT2D eigenvalue weighted by atomic mass is 9.97. The van der Waals surface area contributed by atoms with Crippen LogP contribution in [0.4, 0.5) is 0 Å². The molecule has 2 aliphatic rings. The molecule has 1 aliphatic heterocycles. The topological polar surface area (TPSA) is 66.5 Å². The summed E-state index contributed by atoms with van der Waals surface area (Å²) >= 11 is 0. The van der Waals surface area contributed by atoms with Gasteiger partial charge >= 0.3 is 0 Å². The highest BCUT2D eigenvalue weighted by Gasteiger charge is 2.61. The number of hydrogen-bond acceptors (Lipinski definition) is 3. The Morgan fingerprint density at radius 3 is 2.57 bits per heavy atom. The maximum atomic E-state index is 12.9. The van der Waals surface area contributed by atoms with Crippen LogP contribution in [0.1, 0.15) is 40.5 Å². The predicted octanol–water partition coefficient (Wildman–Crippen LogP) is 2.01. The molecule has 1 N–H and O–H groups in total. The molecule has 0 radical (unpaired) electrons. The molecule has 1 saturated heterocycles. The average molecular weight is 343 g/mol. The lowest BCUT2D eigenvalue weighted by Gasteiger charge is -2.33. The lowest BCUT2D eigenvalue weighted by molar-refractivity contribution is -0.135. The van der Waals surface area contributed by atoms with E-state index in [-0.39, 0.29) is 23.2 Å². The Bertz CT molecular complexity index is 591. The van der Waals surface area contributed by atoms with E-state index < -0.39 is 10.0 Å². The Morgan fingerprint density at radius 1 is 1.35 bits per heavy atom. The lowest BCUT2D eigenvalue weighted by Crippen LogP contribution is -2.44. The Hall–Kier alpha value is -0.880. The van der Waals surface area contributed by atoms with Gasteiger partial charge in [-0.2, -0.15) is 0 Å². The van der Waals surface area contributed by atoms with Gasteiger partial charge in [0.25, 0.3) is 0 Å². The summed E-state index contributed by atoms with van der Waals surface area (Å²) in [5.74, 6) is 0.848. The fourth-order valence-electron chi connectivity index (χ4n) is 3.72. The Balaban J connectivity index is 1.96. The van der Waals surface area contributed by atoms with E-state index in [2.05, 4.69) is 38.5 Å². The van der Waals surface area contributed by atoms with E-state index in [0.717, 1.165) is 19.4 Å². The van der Waals surface area contributed by atoms with Crippen LogP contribution in [-0.4, -0.2) is 45.1 Å². The van der Waals surface area contributed by atoms with Crippen LogP contribution in [-0.2, 0) is 14.8 Å². The van der Waals surface area contributed by atoms with Crippen molar-refractivity contribution in [2.45, 2.75) is 40.5 Å². The number of likely N-dealkylation sites (tertiary alicyclic amines) is 1. The first-order valence-electron chi connectivity index (χ1n) is 8.41. The number of nitrogens with zero attached hydrogens (tertiary/aromatic N) is 1. The predicted molar refractivity (Wildman–Crippen MR) is 92.3 cm³/mol. The van der Waals surface area contributed by atoms with Gasteiger partial charge in [-0.3, -0.25) is 4.79 Å². The molecule has 0 unspecified atom stereocenters. The van der Waals surface area contributed by atoms with Crippen molar-refractivity contribution in [1.82, 2.24) is 9.62 Å². The molecule has 0 spiro atoms. The van der Waals surface area contributed by atoms with Crippen molar-refractivity contribution in [1.29, 1.82) is 0 Å². The minimum Gasteiger partial charge on any atom is -0.342 e. The molecule has 0 aromatic rings. The molecule has 23 heavy (non-hydrogen) atoms. The second-order valence-corrected chi connectivity index (χ2v) is 9.81. The summed E-state index contributed by atoms with van der Waals surface area (Å²) < 4.78 is 25.1. The summed E-state index contributed by atoms with van der Waals surface area (Å²) in [7, 11) is -3.17. The number of amides is 1. The molecule has 2 rings (SSSR count). The van der Waals surface area contributed by atoms with Crippen LogP contribution in [0, 0.1) is 23.2 Å². The van der Waals surface area contributed by atoms with Crippen molar-refractivity contribution in [3.05, 3.63) is 11.6 Å². The highest BCUT2D eigenvalue weighted by Crippen LogP contribution is 2.60. The van der Waals surface area contributed by atoms with E-state index in [9.17, 15) is 13.2 Å². The third-order valence-corrected chi connectivity index (χ3v) is 5.85. The standard InChI is InChI=1S/C17H30N2O3S/c1-12(2)9-14-15(17(14,3)4)16(20)19-8-6-7-13(11-19)10-18-23(5,21)22/h9,13-15,18H,6-8,10-11H2,1-5H3/t13-,14-,15-/m1/s1. The smallest absolute Gasteiger partial charge is 0.226 e. The first kappa shape index (κ1) is 18.5. The van der Waals surface area contributed by atoms with Gasteiger partial charge in [-0.05, 0) is 43.9 Å². The van der Waals surface area contributed by atoms with Gasteiger partial charge in [0.2, 0.25) is 15.9 Å². The van der Waals surface area contributed by atoms with Gasteiger partial charge in [0.15, 0.2) is 0 Å². The molecule has 2 fully saturated rings. The summed E-state index contributed by atoms with van der Waals surface area (Å²) in [5, 5.41) is 0. The fraction of sp³-hybridized carbons (Fsp3) is 0.824. The molecule has 1 aliphatic carbocycles. The number of carbonyl (C=O) groups excluding carboxylic acids is 1. The summed E-state index contributed by atoms with van der Waals surface area (Å²) in [4.78, 5) is 14.8. The number of carbonyl (C=O) groups is 1.